The van der Waals surface area contributed by atoms with Gasteiger partial charge in [-0.2, -0.15) is 0 Å². The number of hydrogen-bond donors (Lipinski definition) is 1. The minimum atomic E-state index is -4.14. The molecule has 2 aromatic carbocycles. The van der Waals surface area contributed by atoms with E-state index in [2.05, 4.69) is 5.32 Å². The molecule has 0 radical (unpaired) electrons. The highest BCUT2D eigenvalue weighted by molar-refractivity contribution is 8.13. The quantitative estimate of drug-likeness (QED) is 0.648. The van der Waals surface area contributed by atoms with Gasteiger partial charge in [0.15, 0.2) is 5.78 Å². The Bertz CT molecular complexity index is 891. The summed E-state index contributed by atoms with van der Waals surface area (Å²) < 4.78 is 28.5. The van der Waals surface area contributed by atoms with Gasteiger partial charge in [-0.15, -0.1) is 0 Å². The van der Waals surface area contributed by atoms with Gasteiger partial charge in [-0.25, -0.2) is 8.42 Å². The summed E-state index contributed by atoms with van der Waals surface area (Å²) >= 11 is 0. The Kier molecular flexibility index (Phi) is 5.26. The molecule has 0 fully saturated rings. The SMILES string of the molecule is COc1ccc(C(=O)c2cccc(S(=O)(=O)Cl)c2NC(C)=O)cc1. The minimum absolute atomic E-state index is 0.0251. The third-order valence-corrected chi connectivity index (χ3v) is 4.55. The van der Waals surface area contributed by atoms with E-state index in [1.165, 1.54) is 32.2 Å². The predicted molar refractivity (Wildman–Crippen MR) is 90.2 cm³/mol. The number of rotatable bonds is 5. The van der Waals surface area contributed by atoms with E-state index in [4.69, 9.17) is 15.4 Å². The molecule has 0 aliphatic heterocycles. The Hall–Kier alpha value is -2.38. The van der Waals surface area contributed by atoms with Crippen LogP contribution in [0.2, 0.25) is 0 Å². The number of benzene rings is 2. The van der Waals surface area contributed by atoms with E-state index < -0.39 is 20.7 Å². The molecule has 0 bridgehead atoms. The van der Waals surface area contributed by atoms with Gasteiger partial charge in [0, 0.05) is 28.7 Å². The molecule has 1 amide bonds. The van der Waals surface area contributed by atoms with Crippen molar-refractivity contribution in [2.45, 2.75) is 11.8 Å². The fourth-order valence-electron chi connectivity index (χ4n) is 2.13. The van der Waals surface area contributed by atoms with E-state index in [0.717, 1.165) is 0 Å². The number of carbonyl (C=O) groups is 2. The molecule has 0 unspecified atom stereocenters. The molecule has 0 atom stereocenters. The van der Waals surface area contributed by atoms with Crippen LogP contribution in [0.15, 0.2) is 47.4 Å². The summed E-state index contributed by atoms with van der Waals surface area (Å²) in [5, 5.41) is 2.37. The first-order valence-corrected chi connectivity index (χ1v) is 9.09. The van der Waals surface area contributed by atoms with Crippen LogP contribution in [0.25, 0.3) is 0 Å². The van der Waals surface area contributed by atoms with Gasteiger partial charge in [-0.05, 0) is 36.4 Å². The van der Waals surface area contributed by atoms with Crippen molar-refractivity contribution in [3.05, 3.63) is 53.6 Å². The maximum Gasteiger partial charge on any atom is 0.263 e. The van der Waals surface area contributed by atoms with Crippen LogP contribution in [0, 0.1) is 0 Å². The summed E-state index contributed by atoms with van der Waals surface area (Å²) in [5.74, 6) is -0.402. The molecule has 24 heavy (non-hydrogen) atoms. The Labute approximate surface area is 143 Å². The van der Waals surface area contributed by atoms with Gasteiger partial charge in [0.2, 0.25) is 5.91 Å². The van der Waals surface area contributed by atoms with Crippen LogP contribution >= 0.6 is 10.7 Å². The molecule has 8 heteroatoms. The Balaban J connectivity index is 2.59. The lowest BCUT2D eigenvalue weighted by molar-refractivity contribution is -0.114. The fraction of sp³-hybridized carbons (Fsp3) is 0.125. The number of carbonyl (C=O) groups excluding carboxylic acids is 2. The van der Waals surface area contributed by atoms with Crippen molar-refractivity contribution in [3.8, 4) is 5.75 Å². The third kappa shape index (κ3) is 3.93. The average Bonchev–Trinajstić information content (AvgIpc) is 2.53. The maximum atomic E-state index is 12.7. The van der Waals surface area contributed by atoms with Crippen LogP contribution in [0.3, 0.4) is 0 Å². The largest absolute Gasteiger partial charge is 0.497 e. The molecule has 0 heterocycles. The Morgan fingerprint density at radius 3 is 2.21 bits per heavy atom. The molecule has 0 aliphatic carbocycles. The van der Waals surface area contributed by atoms with Gasteiger partial charge in [0.25, 0.3) is 9.05 Å². The van der Waals surface area contributed by atoms with Gasteiger partial charge in [0.1, 0.15) is 10.6 Å². The molecule has 0 saturated carbocycles. The second-order valence-corrected chi connectivity index (χ2v) is 7.39. The zero-order valence-electron chi connectivity index (χ0n) is 12.9. The topological polar surface area (TPSA) is 89.5 Å². The van der Waals surface area contributed by atoms with E-state index in [1.807, 2.05) is 0 Å². The molecule has 6 nitrogen and oxygen atoms in total. The number of anilines is 1. The van der Waals surface area contributed by atoms with Crippen molar-refractivity contribution in [3.63, 3.8) is 0 Å². The number of para-hydroxylation sites is 1. The van der Waals surface area contributed by atoms with Crippen molar-refractivity contribution in [2.24, 2.45) is 0 Å². The van der Waals surface area contributed by atoms with Crippen molar-refractivity contribution in [1.82, 2.24) is 0 Å². The monoisotopic (exact) mass is 367 g/mol. The highest BCUT2D eigenvalue weighted by Crippen LogP contribution is 2.30. The van der Waals surface area contributed by atoms with Crippen molar-refractivity contribution in [2.75, 3.05) is 12.4 Å². The first-order valence-electron chi connectivity index (χ1n) is 6.78. The number of ketones is 1. The van der Waals surface area contributed by atoms with Crippen LogP contribution in [0.1, 0.15) is 22.8 Å². The number of amides is 1. The van der Waals surface area contributed by atoms with Crippen LogP contribution in [0.4, 0.5) is 5.69 Å². The number of hydrogen-bond acceptors (Lipinski definition) is 5. The van der Waals surface area contributed by atoms with Gasteiger partial charge < -0.3 is 10.1 Å². The zero-order valence-corrected chi connectivity index (χ0v) is 14.4. The molecule has 2 rings (SSSR count). The van der Waals surface area contributed by atoms with Crippen molar-refractivity contribution < 1.29 is 22.7 Å². The second-order valence-electron chi connectivity index (χ2n) is 4.86. The normalized spacial score (nSPS) is 11.0. The van der Waals surface area contributed by atoms with Gasteiger partial charge in [-0.3, -0.25) is 9.59 Å². The van der Waals surface area contributed by atoms with Gasteiger partial charge >= 0.3 is 0 Å². The van der Waals surface area contributed by atoms with Crippen LogP contribution < -0.4 is 10.1 Å². The summed E-state index contributed by atoms with van der Waals surface area (Å²) in [5.41, 5.74) is 0.199. The number of ether oxygens (including phenoxy) is 1. The first-order chi connectivity index (χ1) is 11.2. The second kappa shape index (κ2) is 7.02. The summed E-state index contributed by atoms with van der Waals surface area (Å²) in [6.45, 7) is 1.21. The summed E-state index contributed by atoms with van der Waals surface area (Å²) in [7, 11) is 2.76. The smallest absolute Gasteiger partial charge is 0.263 e. The number of methoxy groups -OCH3 is 1. The lowest BCUT2D eigenvalue weighted by Crippen LogP contribution is -2.14. The molecular formula is C16H14ClNO5S. The summed E-state index contributed by atoms with van der Waals surface area (Å²) in [6.07, 6.45) is 0. The van der Waals surface area contributed by atoms with Gasteiger partial charge in [-0.1, -0.05) is 6.07 Å². The van der Waals surface area contributed by atoms with E-state index in [0.29, 0.717) is 11.3 Å². The fourth-order valence-corrected chi connectivity index (χ4v) is 3.16. The van der Waals surface area contributed by atoms with E-state index in [1.54, 1.807) is 24.3 Å². The molecule has 126 valence electrons. The third-order valence-electron chi connectivity index (χ3n) is 3.19. The maximum absolute atomic E-state index is 12.7. The van der Waals surface area contributed by atoms with Crippen molar-refractivity contribution in [1.29, 1.82) is 0 Å². The average molecular weight is 368 g/mol. The van der Waals surface area contributed by atoms with E-state index in [-0.39, 0.29) is 16.1 Å². The summed E-state index contributed by atoms with van der Waals surface area (Å²) in [6, 6.07) is 10.3. The lowest BCUT2D eigenvalue weighted by atomic mass is 10.0. The van der Waals surface area contributed by atoms with Gasteiger partial charge in [0.05, 0.1) is 12.8 Å². The number of halogens is 1. The molecule has 0 aliphatic rings. The summed E-state index contributed by atoms with van der Waals surface area (Å²) in [4.78, 5) is 23.8. The molecular weight excluding hydrogens is 354 g/mol. The molecule has 0 saturated heterocycles. The molecule has 0 aromatic heterocycles. The van der Waals surface area contributed by atoms with Crippen LogP contribution in [0.5, 0.6) is 5.75 Å². The standard InChI is InChI=1S/C16H14ClNO5S/c1-10(19)18-15-13(4-3-5-14(15)24(17,21)22)16(20)11-6-8-12(23-2)9-7-11/h3-9H,1-2H3,(H,18,19). The lowest BCUT2D eigenvalue weighted by Gasteiger charge is -2.13. The predicted octanol–water partition coefficient (Wildman–Crippen LogP) is 2.81. The van der Waals surface area contributed by atoms with E-state index in [9.17, 15) is 18.0 Å². The van der Waals surface area contributed by atoms with Crippen molar-refractivity contribution >= 4 is 37.1 Å². The van der Waals surface area contributed by atoms with E-state index >= 15 is 0 Å². The molecule has 1 N–H and O–H groups in total. The highest BCUT2D eigenvalue weighted by atomic mass is 35.7. The Morgan fingerprint density at radius 1 is 1.08 bits per heavy atom. The van der Waals surface area contributed by atoms with Crippen LogP contribution in [-0.2, 0) is 13.8 Å². The first kappa shape index (κ1) is 18.0. The molecule has 0 spiro atoms. The zero-order chi connectivity index (χ0) is 17.9. The Morgan fingerprint density at radius 2 is 1.71 bits per heavy atom. The number of nitrogens with one attached hydrogen (secondary N) is 1. The highest BCUT2D eigenvalue weighted by Gasteiger charge is 2.23. The minimum Gasteiger partial charge on any atom is -0.497 e. The van der Waals surface area contributed by atoms with Crippen LogP contribution in [-0.4, -0.2) is 27.2 Å². The molecule has 2 aromatic rings.